The molecule has 0 bridgehead atoms. The Labute approximate surface area is 124 Å². The number of sulfonamides is 1. The molecule has 7 heteroatoms. The van der Waals surface area contributed by atoms with Crippen LogP contribution < -0.4 is 4.90 Å². The van der Waals surface area contributed by atoms with E-state index in [-0.39, 0.29) is 0 Å². The monoisotopic (exact) mass is 313 g/mol. The molecule has 1 aromatic carbocycles. The molecule has 108 valence electrons. The fourth-order valence-corrected chi connectivity index (χ4v) is 3.29. The minimum absolute atomic E-state index is 0.372. The molecule has 20 heavy (non-hydrogen) atoms. The van der Waals surface area contributed by atoms with E-state index in [9.17, 15) is 13.7 Å². The van der Waals surface area contributed by atoms with Gasteiger partial charge in [-0.05, 0) is 17.7 Å². The predicted molar refractivity (Wildman–Crippen MR) is 79.3 cm³/mol. The van der Waals surface area contributed by atoms with Crippen LogP contribution in [0.1, 0.15) is 11.1 Å². The molecule has 0 spiro atoms. The molecule has 0 saturated carbocycles. The maximum Gasteiger partial charge on any atom is 0.211 e. The summed E-state index contributed by atoms with van der Waals surface area (Å²) in [5, 5.41) is 9.22. The zero-order chi connectivity index (χ0) is 14.8. The summed E-state index contributed by atoms with van der Waals surface area (Å²) in [7, 11) is -3.13. The van der Waals surface area contributed by atoms with Gasteiger partial charge in [0.1, 0.15) is 6.07 Å². The molecule has 0 N–H and O–H groups in total. The SMILES string of the molecule is CS(=O)(=O)N1CCN(c2ccc(CCl)cc2C#N)CC1. The van der Waals surface area contributed by atoms with Crippen LogP contribution in [0, 0.1) is 11.3 Å². The van der Waals surface area contributed by atoms with Crippen molar-refractivity contribution in [2.24, 2.45) is 0 Å². The fourth-order valence-electron chi connectivity index (χ4n) is 2.29. The van der Waals surface area contributed by atoms with E-state index in [1.165, 1.54) is 10.6 Å². The van der Waals surface area contributed by atoms with Crippen LogP contribution in [0.3, 0.4) is 0 Å². The maximum atomic E-state index is 11.5. The fraction of sp³-hybridized carbons (Fsp3) is 0.462. The predicted octanol–water partition coefficient (Wildman–Crippen LogP) is 1.38. The molecule has 0 aliphatic carbocycles. The first-order chi connectivity index (χ1) is 9.45. The first-order valence-corrected chi connectivity index (χ1v) is 8.63. The Kier molecular flexibility index (Phi) is 4.53. The number of halogens is 1. The van der Waals surface area contributed by atoms with E-state index in [0.717, 1.165) is 11.3 Å². The van der Waals surface area contributed by atoms with Gasteiger partial charge in [-0.1, -0.05) is 6.07 Å². The topological polar surface area (TPSA) is 64.4 Å². The summed E-state index contributed by atoms with van der Waals surface area (Å²) in [6, 6.07) is 7.74. The second kappa shape index (κ2) is 6.00. The third-order valence-electron chi connectivity index (χ3n) is 3.38. The van der Waals surface area contributed by atoms with Crippen molar-refractivity contribution in [3.8, 4) is 6.07 Å². The van der Waals surface area contributed by atoms with Crippen molar-refractivity contribution in [3.05, 3.63) is 29.3 Å². The Hall–Kier alpha value is -1.29. The van der Waals surface area contributed by atoms with Crippen molar-refractivity contribution in [2.45, 2.75) is 5.88 Å². The van der Waals surface area contributed by atoms with Gasteiger partial charge in [0.15, 0.2) is 0 Å². The number of anilines is 1. The Balaban J connectivity index is 2.17. The summed E-state index contributed by atoms with van der Waals surface area (Å²) in [5.41, 5.74) is 2.33. The molecule has 5 nitrogen and oxygen atoms in total. The van der Waals surface area contributed by atoms with Crippen LogP contribution in [0.4, 0.5) is 5.69 Å². The Morgan fingerprint density at radius 3 is 2.45 bits per heavy atom. The molecule has 0 amide bonds. The second-order valence-corrected chi connectivity index (χ2v) is 7.00. The Morgan fingerprint density at radius 2 is 1.95 bits per heavy atom. The van der Waals surface area contributed by atoms with Crippen molar-refractivity contribution in [1.29, 1.82) is 5.26 Å². The van der Waals surface area contributed by atoms with E-state index < -0.39 is 10.0 Å². The zero-order valence-electron chi connectivity index (χ0n) is 11.2. The van der Waals surface area contributed by atoms with Crippen molar-refractivity contribution in [2.75, 3.05) is 37.3 Å². The Morgan fingerprint density at radius 1 is 1.30 bits per heavy atom. The minimum atomic E-state index is -3.13. The normalized spacial score (nSPS) is 16.9. The first kappa shape index (κ1) is 15.1. The number of hydrogen-bond donors (Lipinski definition) is 0. The summed E-state index contributed by atoms with van der Waals surface area (Å²) >= 11 is 5.77. The number of rotatable bonds is 3. The van der Waals surface area contributed by atoms with Crippen LogP contribution in [-0.2, 0) is 15.9 Å². The molecule has 0 aromatic heterocycles. The summed E-state index contributed by atoms with van der Waals surface area (Å²) < 4.78 is 24.4. The molecular weight excluding hydrogens is 298 g/mol. The summed E-state index contributed by atoms with van der Waals surface area (Å²) in [6.45, 7) is 2.06. The van der Waals surface area contributed by atoms with Gasteiger partial charge in [0.25, 0.3) is 0 Å². The van der Waals surface area contributed by atoms with Gasteiger partial charge >= 0.3 is 0 Å². The highest BCUT2D eigenvalue weighted by atomic mass is 35.5. The van der Waals surface area contributed by atoms with Gasteiger partial charge in [0.2, 0.25) is 10.0 Å². The largest absolute Gasteiger partial charge is 0.368 e. The van der Waals surface area contributed by atoms with Gasteiger partial charge in [-0.15, -0.1) is 11.6 Å². The summed E-state index contributed by atoms with van der Waals surface area (Å²) in [6.07, 6.45) is 1.22. The molecule has 1 saturated heterocycles. The smallest absolute Gasteiger partial charge is 0.211 e. The lowest BCUT2D eigenvalue weighted by Gasteiger charge is -2.35. The zero-order valence-corrected chi connectivity index (χ0v) is 12.8. The average molecular weight is 314 g/mol. The number of benzene rings is 1. The molecule has 1 aromatic rings. The van der Waals surface area contributed by atoms with Crippen LogP contribution in [0.2, 0.25) is 0 Å². The molecule has 1 aliphatic rings. The lowest BCUT2D eigenvalue weighted by Crippen LogP contribution is -2.48. The van der Waals surface area contributed by atoms with Gasteiger partial charge in [-0.2, -0.15) is 9.57 Å². The van der Waals surface area contributed by atoms with E-state index in [0.29, 0.717) is 37.6 Å². The highest BCUT2D eigenvalue weighted by Crippen LogP contribution is 2.24. The van der Waals surface area contributed by atoms with E-state index in [1.807, 2.05) is 17.0 Å². The summed E-state index contributed by atoms with van der Waals surface area (Å²) in [4.78, 5) is 2.04. The molecule has 0 radical (unpaired) electrons. The number of hydrogen-bond acceptors (Lipinski definition) is 4. The number of piperazine rings is 1. The molecular formula is C13H16ClN3O2S. The third kappa shape index (κ3) is 3.23. The molecule has 1 fully saturated rings. The lowest BCUT2D eigenvalue weighted by atomic mass is 10.1. The number of alkyl halides is 1. The van der Waals surface area contributed by atoms with Gasteiger partial charge in [-0.25, -0.2) is 8.42 Å². The van der Waals surface area contributed by atoms with E-state index in [2.05, 4.69) is 6.07 Å². The molecule has 0 unspecified atom stereocenters. The Bertz CT molecular complexity index is 632. The van der Waals surface area contributed by atoms with E-state index >= 15 is 0 Å². The highest BCUT2D eigenvalue weighted by molar-refractivity contribution is 7.88. The maximum absolute atomic E-state index is 11.5. The molecule has 2 rings (SSSR count). The van der Waals surface area contributed by atoms with E-state index in [1.54, 1.807) is 6.07 Å². The number of nitriles is 1. The second-order valence-electron chi connectivity index (χ2n) is 4.75. The minimum Gasteiger partial charge on any atom is -0.368 e. The molecule has 1 aliphatic heterocycles. The highest BCUT2D eigenvalue weighted by Gasteiger charge is 2.24. The quantitative estimate of drug-likeness (QED) is 0.791. The van der Waals surface area contributed by atoms with Gasteiger partial charge in [-0.3, -0.25) is 0 Å². The first-order valence-electron chi connectivity index (χ1n) is 6.25. The van der Waals surface area contributed by atoms with Gasteiger partial charge in [0, 0.05) is 32.1 Å². The van der Waals surface area contributed by atoms with Crippen LogP contribution in [0.25, 0.3) is 0 Å². The van der Waals surface area contributed by atoms with Crippen LogP contribution in [-0.4, -0.2) is 45.2 Å². The van der Waals surface area contributed by atoms with Gasteiger partial charge < -0.3 is 4.90 Å². The molecule has 0 atom stereocenters. The van der Waals surface area contributed by atoms with Crippen LogP contribution in [0.15, 0.2) is 18.2 Å². The van der Waals surface area contributed by atoms with Crippen molar-refractivity contribution in [1.82, 2.24) is 4.31 Å². The average Bonchev–Trinajstić information content (AvgIpc) is 2.45. The lowest BCUT2D eigenvalue weighted by molar-refractivity contribution is 0.388. The van der Waals surface area contributed by atoms with Crippen molar-refractivity contribution < 1.29 is 8.42 Å². The summed E-state index contributed by atoms with van der Waals surface area (Å²) in [5.74, 6) is 0.372. The standard InChI is InChI=1S/C13H16ClN3O2S/c1-20(18,19)17-6-4-16(5-7-17)13-3-2-11(9-14)8-12(13)10-15/h2-3,8H,4-7,9H2,1H3. The number of nitrogens with zero attached hydrogens (tertiary/aromatic N) is 3. The van der Waals surface area contributed by atoms with Crippen LogP contribution in [0.5, 0.6) is 0 Å². The van der Waals surface area contributed by atoms with E-state index in [4.69, 9.17) is 11.6 Å². The third-order valence-corrected chi connectivity index (χ3v) is 5.00. The van der Waals surface area contributed by atoms with Crippen molar-refractivity contribution in [3.63, 3.8) is 0 Å². The van der Waals surface area contributed by atoms with Crippen LogP contribution >= 0.6 is 11.6 Å². The molecule has 1 heterocycles. The van der Waals surface area contributed by atoms with Crippen molar-refractivity contribution >= 4 is 27.3 Å². The van der Waals surface area contributed by atoms with Gasteiger partial charge in [0.05, 0.1) is 17.5 Å².